The van der Waals surface area contributed by atoms with Crippen LogP contribution in [0.2, 0.25) is 0 Å². The lowest BCUT2D eigenvalue weighted by molar-refractivity contribution is 0.0879. The van der Waals surface area contributed by atoms with Crippen molar-refractivity contribution in [2.24, 2.45) is 0 Å². The van der Waals surface area contributed by atoms with Gasteiger partial charge >= 0.3 is 0 Å². The first-order valence-electron chi connectivity index (χ1n) is 6.85. The molecule has 1 heterocycles. The molecule has 1 N–H and O–H groups in total. The van der Waals surface area contributed by atoms with Gasteiger partial charge in [-0.1, -0.05) is 24.3 Å². The van der Waals surface area contributed by atoms with Gasteiger partial charge in [-0.05, 0) is 48.6 Å². The monoisotopic (exact) mass is 283 g/mol. The molecule has 2 amide bonds. The predicted molar refractivity (Wildman–Crippen MR) is 76.6 cm³/mol. The largest absolute Gasteiger partial charge is 0.288 e. The normalized spacial score (nSPS) is 15.9. The minimum atomic E-state index is -0.300. The molecule has 0 unspecified atom stereocenters. The van der Waals surface area contributed by atoms with E-state index in [1.54, 1.807) is 24.3 Å². The van der Waals surface area contributed by atoms with Crippen molar-refractivity contribution in [3.05, 3.63) is 71.0 Å². The van der Waals surface area contributed by atoms with E-state index in [0.717, 1.165) is 5.92 Å². The Hall–Kier alpha value is -2.49. The highest BCUT2D eigenvalue weighted by Gasteiger charge is 2.25. The van der Waals surface area contributed by atoms with Crippen molar-refractivity contribution >= 4 is 11.8 Å². The van der Waals surface area contributed by atoms with Gasteiger partial charge in [0.05, 0.1) is 11.1 Å². The average Bonchev–Trinajstić information content (AvgIpc) is 3.29. The molecular formula is C17H14FNO2. The molecule has 1 fully saturated rings. The topological polar surface area (TPSA) is 46.2 Å². The molecule has 106 valence electrons. The number of carbonyl (C=O) groups excluding carboxylic acids is 2. The van der Waals surface area contributed by atoms with Gasteiger partial charge < -0.3 is 0 Å². The molecule has 21 heavy (non-hydrogen) atoms. The van der Waals surface area contributed by atoms with E-state index in [4.69, 9.17) is 0 Å². The third-order valence-corrected chi connectivity index (χ3v) is 3.56. The Bertz CT molecular complexity index is 657. The number of amides is 2. The quantitative estimate of drug-likeness (QED) is 0.816. The zero-order chi connectivity index (χ0) is 14.8. The zero-order valence-electron chi connectivity index (χ0n) is 11.3. The first-order chi connectivity index (χ1) is 10.1. The molecule has 1 aliphatic heterocycles. The minimum Gasteiger partial charge on any atom is -0.288 e. The van der Waals surface area contributed by atoms with Crippen molar-refractivity contribution in [1.82, 2.24) is 5.32 Å². The Balaban J connectivity index is 0.000000126. The Morgan fingerprint density at radius 3 is 1.86 bits per heavy atom. The van der Waals surface area contributed by atoms with Crippen LogP contribution in [0.1, 0.15) is 45.0 Å². The molecule has 3 nitrogen and oxygen atoms in total. The number of hydrogen-bond donors (Lipinski definition) is 1. The van der Waals surface area contributed by atoms with Crippen LogP contribution in [0.5, 0.6) is 0 Å². The standard InChI is InChI=1S/C9H9F.C8H5NO2/c10-9-5-3-8(4-6-9)7-1-2-7;10-7-5-3-1-2-4-6(5)8(11)9-7/h3-7H,1-2H2;1-4H,(H,9,10,11). The summed E-state index contributed by atoms with van der Waals surface area (Å²) in [5, 5.41) is 2.20. The van der Waals surface area contributed by atoms with Gasteiger partial charge in [-0.3, -0.25) is 14.9 Å². The SMILES string of the molecule is Fc1ccc(C2CC2)cc1.O=C1NC(=O)c2ccccc21. The second kappa shape index (κ2) is 5.48. The van der Waals surface area contributed by atoms with E-state index in [1.165, 1.54) is 30.5 Å². The third-order valence-electron chi connectivity index (χ3n) is 3.56. The van der Waals surface area contributed by atoms with Crippen LogP contribution < -0.4 is 5.32 Å². The van der Waals surface area contributed by atoms with E-state index in [1.807, 2.05) is 12.1 Å². The molecule has 2 aromatic rings. The van der Waals surface area contributed by atoms with Crippen LogP contribution >= 0.6 is 0 Å². The van der Waals surface area contributed by atoms with Crippen molar-refractivity contribution in [2.45, 2.75) is 18.8 Å². The van der Waals surface area contributed by atoms with Gasteiger partial charge in [0.1, 0.15) is 5.82 Å². The molecule has 4 heteroatoms. The van der Waals surface area contributed by atoms with Crippen molar-refractivity contribution in [3.8, 4) is 0 Å². The van der Waals surface area contributed by atoms with E-state index in [0.29, 0.717) is 11.1 Å². The van der Waals surface area contributed by atoms with Crippen molar-refractivity contribution in [2.75, 3.05) is 0 Å². The van der Waals surface area contributed by atoms with E-state index in [2.05, 4.69) is 5.32 Å². The van der Waals surface area contributed by atoms with Crippen LogP contribution in [-0.4, -0.2) is 11.8 Å². The molecule has 0 bridgehead atoms. The summed E-state index contributed by atoms with van der Waals surface area (Å²) in [6.07, 6.45) is 2.57. The van der Waals surface area contributed by atoms with Gasteiger partial charge in [0.15, 0.2) is 0 Å². The lowest BCUT2D eigenvalue weighted by Crippen LogP contribution is -2.19. The second-order valence-electron chi connectivity index (χ2n) is 5.15. The fourth-order valence-electron chi connectivity index (χ4n) is 2.27. The predicted octanol–water partition coefficient (Wildman–Crippen LogP) is 3.27. The van der Waals surface area contributed by atoms with Gasteiger partial charge in [-0.15, -0.1) is 0 Å². The van der Waals surface area contributed by atoms with Crippen molar-refractivity contribution in [3.63, 3.8) is 0 Å². The fraction of sp³-hybridized carbons (Fsp3) is 0.176. The summed E-state index contributed by atoms with van der Waals surface area (Å²) in [5.74, 6) is 0.00111. The summed E-state index contributed by atoms with van der Waals surface area (Å²) in [7, 11) is 0. The lowest BCUT2D eigenvalue weighted by atomic mass is 10.1. The van der Waals surface area contributed by atoms with Gasteiger partial charge in [-0.2, -0.15) is 0 Å². The van der Waals surface area contributed by atoms with Crippen LogP contribution in [0.25, 0.3) is 0 Å². The molecule has 0 spiro atoms. The molecule has 2 aromatic carbocycles. The van der Waals surface area contributed by atoms with Crippen molar-refractivity contribution in [1.29, 1.82) is 0 Å². The minimum absolute atomic E-state index is 0.135. The highest BCUT2D eigenvalue weighted by Crippen LogP contribution is 2.39. The van der Waals surface area contributed by atoms with E-state index in [9.17, 15) is 14.0 Å². The van der Waals surface area contributed by atoms with Crippen molar-refractivity contribution < 1.29 is 14.0 Å². The number of halogens is 1. The van der Waals surface area contributed by atoms with Gasteiger partial charge in [0.2, 0.25) is 0 Å². The first kappa shape index (κ1) is 13.5. The Morgan fingerprint density at radius 2 is 1.38 bits per heavy atom. The second-order valence-corrected chi connectivity index (χ2v) is 5.15. The summed E-state index contributed by atoms with van der Waals surface area (Å²) >= 11 is 0. The number of rotatable bonds is 1. The maximum atomic E-state index is 12.4. The van der Waals surface area contributed by atoms with Gasteiger partial charge in [0.25, 0.3) is 11.8 Å². The van der Waals surface area contributed by atoms with Crippen LogP contribution in [0.4, 0.5) is 4.39 Å². The fourth-order valence-corrected chi connectivity index (χ4v) is 2.27. The van der Waals surface area contributed by atoms with E-state index >= 15 is 0 Å². The van der Waals surface area contributed by atoms with Gasteiger partial charge in [0, 0.05) is 0 Å². The Kier molecular flexibility index (Phi) is 3.52. The number of imide groups is 1. The number of carbonyl (C=O) groups is 2. The number of nitrogens with one attached hydrogen (secondary N) is 1. The molecule has 1 saturated carbocycles. The number of hydrogen-bond acceptors (Lipinski definition) is 2. The highest BCUT2D eigenvalue weighted by atomic mass is 19.1. The highest BCUT2D eigenvalue weighted by molar-refractivity contribution is 6.21. The molecule has 0 saturated heterocycles. The maximum absolute atomic E-state index is 12.4. The zero-order valence-corrected chi connectivity index (χ0v) is 11.3. The van der Waals surface area contributed by atoms with E-state index in [-0.39, 0.29) is 17.6 Å². The lowest BCUT2D eigenvalue weighted by Gasteiger charge is -1.94. The summed E-state index contributed by atoms with van der Waals surface area (Å²) in [6.45, 7) is 0. The Morgan fingerprint density at radius 1 is 0.857 bits per heavy atom. The summed E-state index contributed by atoms with van der Waals surface area (Å²) in [5.41, 5.74) is 2.23. The summed E-state index contributed by atoms with van der Waals surface area (Å²) in [4.78, 5) is 21.9. The molecule has 1 aliphatic carbocycles. The summed E-state index contributed by atoms with van der Waals surface area (Å²) < 4.78 is 12.4. The third kappa shape index (κ3) is 2.99. The molecule has 0 aromatic heterocycles. The molecule has 4 rings (SSSR count). The average molecular weight is 283 g/mol. The summed E-state index contributed by atoms with van der Waals surface area (Å²) in [6, 6.07) is 13.6. The number of fused-ring (bicyclic) bond motifs is 1. The smallest absolute Gasteiger partial charge is 0.258 e. The molecule has 2 aliphatic rings. The van der Waals surface area contributed by atoms with Gasteiger partial charge in [-0.25, -0.2) is 4.39 Å². The molecule has 0 radical (unpaired) electrons. The van der Waals surface area contributed by atoms with Crippen LogP contribution in [0, 0.1) is 5.82 Å². The molecule has 0 atom stereocenters. The van der Waals surface area contributed by atoms with E-state index < -0.39 is 0 Å². The molecular weight excluding hydrogens is 269 g/mol. The maximum Gasteiger partial charge on any atom is 0.258 e. The van der Waals surface area contributed by atoms with Crippen LogP contribution in [0.15, 0.2) is 48.5 Å². The van der Waals surface area contributed by atoms with Crippen LogP contribution in [0.3, 0.4) is 0 Å². The number of benzene rings is 2. The first-order valence-corrected chi connectivity index (χ1v) is 6.85. The Labute approximate surface area is 121 Å². The van der Waals surface area contributed by atoms with Crippen LogP contribution in [-0.2, 0) is 0 Å².